The average Bonchev–Trinajstić information content (AvgIpc) is 2.17. The Morgan fingerprint density at radius 3 is 2.77 bits per heavy atom. The van der Waals surface area contributed by atoms with E-state index in [1.807, 2.05) is 12.1 Å². The molecule has 2 N–H and O–H groups in total. The molecule has 3 nitrogen and oxygen atoms in total. The predicted octanol–water partition coefficient (Wildman–Crippen LogP) is 1.74. The molecule has 0 bridgehead atoms. The summed E-state index contributed by atoms with van der Waals surface area (Å²) in [6, 6.07) is 3.89. The van der Waals surface area contributed by atoms with E-state index < -0.39 is 0 Å². The van der Waals surface area contributed by atoms with Crippen LogP contribution in [0.1, 0.15) is 25.3 Å². The molecule has 0 amide bonds. The van der Waals surface area contributed by atoms with Gasteiger partial charge < -0.3 is 5.73 Å². The molecule has 1 heterocycles. The van der Waals surface area contributed by atoms with Gasteiger partial charge in [-0.1, -0.05) is 6.92 Å². The van der Waals surface area contributed by atoms with Crippen molar-refractivity contribution >= 4 is 5.84 Å². The lowest BCUT2D eigenvalue weighted by Gasteiger charge is -1.98. The third-order valence-electron chi connectivity index (χ3n) is 1.72. The first kappa shape index (κ1) is 9.71. The van der Waals surface area contributed by atoms with E-state index in [9.17, 15) is 0 Å². The number of nitrogens with two attached hydrogens (primary N) is 1. The van der Waals surface area contributed by atoms with Crippen LogP contribution in [-0.4, -0.2) is 10.8 Å². The second kappa shape index (κ2) is 5.30. The Bertz CT molecular complexity index is 267. The van der Waals surface area contributed by atoms with Crippen LogP contribution in [0, 0.1) is 0 Å². The van der Waals surface area contributed by atoms with Crippen LogP contribution in [0.15, 0.2) is 29.5 Å². The van der Waals surface area contributed by atoms with Gasteiger partial charge >= 0.3 is 0 Å². The minimum atomic E-state index is 0.661. The lowest BCUT2D eigenvalue weighted by Crippen LogP contribution is -2.11. The normalized spacial score (nSPS) is 11.6. The molecule has 0 saturated carbocycles. The van der Waals surface area contributed by atoms with Crippen LogP contribution in [-0.2, 0) is 6.54 Å². The van der Waals surface area contributed by atoms with Crippen molar-refractivity contribution in [3.8, 4) is 0 Å². The smallest absolute Gasteiger partial charge is 0.0941 e. The van der Waals surface area contributed by atoms with Crippen molar-refractivity contribution in [2.45, 2.75) is 26.3 Å². The summed E-state index contributed by atoms with van der Waals surface area (Å²) in [5.41, 5.74) is 6.81. The van der Waals surface area contributed by atoms with Crippen molar-refractivity contribution < 1.29 is 0 Å². The van der Waals surface area contributed by atoms with Gasteiger partial charge in [0.25, 0.3) is 0 Å². The van der Waals surface area contributed by atoms with Gasteiger partial charge in [0.1, 0.15) is 0 Å². The van der Waals surface area contributed by atoms with E-state index in [0.29, 0.717) is 6.54 Å². The zero-order valence-corrected chi connectivity index (χ0v) is 7.90. The van der Waals surface area contributed by atoms with Gasteiger partial charge in [0, 0.05) is 18.8 Å². The highest BCUT2D eigenvalue weighted by Gasteiger charge is 1.91. The van der Waals surface area contributed by atoms with Crippen molar-refractivity contribution in [2.75, 3.05) is 0 Å². The summed E-state index contributed by atoms with van der Waals surface area (Å²) < 4.78 is 0. The first-order valence-corrected chi connectivity index (χ1v) is 4.50. The number of hydrogen-bond acceptors (Lipinski definition) is 2. The minimum Gasteiger partial charge on any atom is -0.387 e. The standard InChI is InChI=1S/C10H15N3/c1-2-3-10(11)13-8-9-4-6-12-7-5-9/h4-7H,2-3,8H2,1H3,(H2,11,13). The SMILES string of the molecule is CCCC(N)=NCc1ccncc1. The number of aliphatic imine (C=N–C) groups is 1. The van der Waals surface area contributed by atoms with Gasteiger partial charge in [0.05, 0.1) is 12.4 Å². The Morgan fingerprint density at radius 2 is 2.15 bits per heavy atom. The fraction of sp³-hybridized carbons (Fsp3) is 0.400. The third kappa shape index (κ3) is 3.69. The number of amidine groups is 1. The van der Waals surface area contributed by atoms with Gasteiger partial charge in [-0.05, 0) is 24.1 Å². The Kier molecular flexibility index (Phi) is 3.96. The zero-order valence-electron chi connectivity index (χ0n) is 7.90. The fourth-order valence-electron chi connectivity index (χ4n) is 1.02. The van der Waals surface area contributed by atoms with Gasteiger partial charge in [-0.2, -0.15) is 0 Å². The molecule has 13 heavy (non-hydrogen) atoms. The largest absolute Gasteiger partial charge is 0.387 e. The molecule has 0 saturated heterocycles. The average molecular weight is 177 g/mol. The van der Waals surface area contributed by atoms with Crippen molar-refractivity contribution in [1.29, 1.82) is 0 Å². The summed E-state index contributed by atoms with van der Waals surface area (Å²) >= 11 is 0. The van der Waals surface area contributed by atoms with Gasteiger partial charge in [-0.15, -0.1) is 0 Å². The van der Waals surface area contributed by atoms with E-state index in [4.69, 9.17) is 5.73 Å². The molecule has 0 aliphatic heterocycles. The maximum absolute atomic E-state index is 5.67. The molecular weight excluding hydrogens is 162 g/mol. The number of rotatable bonds is 4. The quantitative estimate of drug-likeness (QED) is 0.562. The fourth-order valence-corrected chi connectivity index (χ4v) is 1.02. The van der Waals surface area contributed by atoms with E-state index in [1.54, 1.807) is 12.4 Å². The van der Waals surface area contributed by atoms with Gasteiger partial charge in [-0.25, -0.2) is 0 Å². The topological polar surface area (TPSA) is 51.3 Å². The zero-order chi connectivity index (χ0) is 9.52. The molecule has 1 rings (SSSR count). The van der Waals surface area contributed by atoms with Gasteiger partial charge in [0.2, 0.25) is 0 Å². The van der Waals surface area contributed by atoms with E-state index in [1.165, 1.54) is 0 Å². The third-order valence-corrected chi connectivity index (χ3v) is 1.72. The Balaban J connectivity index is 2.47. The number of hydrogen-bond donors (Lipinski definition) is 1. The second-order valence-corrected chi connectivity index (χ2v) is 2.91. The Labute approximate surface area is 78.7 Å². The first-order chi connectivity index (χ1) is 6.33. The van der Waals surface area contributed by atoms with Crippen molar-refractivity contribution in [3.63, 3.8) is 0 Å². The van der Waals surface area contributed by atoms with Crippen molar-refractivity contribution in [1.82, 2.24) is 4.98 Å². The number of pyridine rings is 1. The van der Waals surface area contributed by atoms with E-state index in [2.05, 4.69) is 16.9 Å². The molecule has 0 spiro atoms. The van der Waals surface area contributed by atoms with Gasteiger partial charge in [0.15, 0.2) is 0 Å². The van der Waals surface area contributed by atoms with Crippen LogP contribution < -0.4 is 5.73 Å². The first-order valence-electron chi connectivity index (χ1n) is 4.50. The summed E-state index contributed by atoms with van der Waals surface area (Å²) in [5, 5.41) is 0. The monoisotopic (exact) mass is 177 g/mol. The molecule has 0 unspecified atom stereocenters. The number of aromatic nitrogens is 1. The molecule has 0 aliphatic rings. The molecule has 0 aromatic carbocycles. The predicted molar refractivity (Wildman–Crippen MR) is 54.5 cm³/mol. The van der Waals surface area contributed by atoms with Crippen molar-refractivity contribution in [3.05, 3.63) is 30.1 Å². The highest BCUT2D eigenvalue weighted by molar-refractivity contribution is 5.80. The lowest BCUT2D eigenvalue weighted by atomic mass is 10.2. The summed E-state index contributed by atoms with van der Waals surface area (Å²) in [4.78, 5) is 8.18. The second-order valence-electron chi connectivity index (χ2n) is 2.91. The minimum absolute atomic E-state index is 0.661. The highest BCUT2D eigenvalue weighted by Crippen LogP contribution is 1.98. The molecular formula is C10H15N3. The summed E-state index contributed by atoms with van der Waals surface area (Å²) in [6.45, 7) is 2.75. The van der Waals surface area contributed by atoms with Crippen LogP contribution in [0.3, 0.4) is 0 Å². The molecule has 1 aromatic heterocycles. The number of nitrogens with zero attached hydrogens (tertiary/aromatic N) is 2. The molecule has 1 aromatic rings. The summed E-state index contributed by atoms with van der Waals surface area (Å²) in [5.74, 6) is 0.735. The Morgan fingerprint density at radius 1 is 1.46 bits per heavy atom. The van der Waals surface area contributed by atoms with E-state index in [0.717, 1.165) is 24.2 Å². The molecule has 0 aliphatic carbocycles. The van der Waals surface area contributed by atoms with Gasteiger partial charge in [-0.3, -0.25) is 9.98 Å². The molecule has 0 atom stereocenters. The molecule has 70 valence electrons. The maximum atomic E-state index is 5.67. The van der Waals surface area contributed by atoms with Crippen molar-refractivity contribution in [2.24, 2.45) is 10.7 Å². The van der Waals surface area contributed by atoms with Crippen LogP contribution in [0.4, 0.5) is 0 Å². The summed E-state index contributed by atoms with van der Waals surface area (Å²) in [7, 11) is 0. The molecule has 0 fully saturated rings. The highest BCUT2D eigenvalue weighted by atomic mass is 14.8. The van der Waals surface area contributed by atoms with Crippen LogP contribution >= 0.6 is 0 Å². The van der Waals surface area contributed by atoms with Crippen LogP contribution in [0.2, 0.25) is 0 Å². The van der Waals surface area contributed by atoms with Crippen LogP contribution in [0.25, 0.3) is 0 Å². The van der Waals surface area contributed by atoms with E-state index >= 15 is 0 Å². The molecule has 0 radical (unpaired) electrons. The van der Waals surface area contributed by atoms with Crippen LogP contribution in [0.5, 0.6) is 0 Å². The molecule has 3 heteroatoms. The Hall–Kier alpha value is -1.38. The lowest BCUT2D eigenvalue weighted by molar-refractivity contribution is 0.953. The van der Waals surface area contributed by atoms with E-state index in [-0.39, 0.29) is 0 Å². The maximum Gasteiger partial charge on any atom is 0.0941 e. The summed E-state index contributed by atoms with van der Waals surface area (Å²) in [6.07, 6.45) is 5.46.